The van der Waals surface area contributed by atoms with Crippen molar-refractivity contribution in [1.82, 2.24) is 5.32 Å². The summed E-state index contributed by atoms with van der Waals surface area (Å²) in [5, 5.41) is 13.1. The van der Waals surface area contributed by atoms with Gasteiger partial charge in [0.1, 0.15) is 0 Å². The normalized spacial score (nSPS) is 24.4. The average Bonchev–Trinajstić information content (AvgIpc) is 3.09. The number of aliphatic hydroxyl groups is 1. The van der Waals surface area contributed by atoms with Gasteiger partial charge in [-0.1, -0.05) is 26.2 Å². The van der Waals surface area contributed by atoms with Crippen LogP contribution in [0.4, 0.5) is 0 Å². The fourth-order valence-corrected chi connectivity index (χ4v) is 2.82. The molecule has 0 heterocycles. The summed E-state index contributed by atoms with van der Waals surface area (Å²) in [7, 11) is 0. The maximum Gasteiger partial charge on any atom is 0.0679 e. The molecule has 0 amide bonds. The molecule has 2 aliphatic rings. The minimum absolute atomic E-state index is 0.158. The van der Waals surface area contributed by atoms with E-state index in [4.69, 9.17) is 4.74 Å². The molecule has 0 aromatic rings. The SMILES string of the molecule is CCNC(CO)(COCCC1CCC1)C1CC1. The number of nitrogens with one attached hydrogen (secondary N) is 1. The Morgan fingerprint density at radius 3 is 2.53 bits per heavy atom. The third kappa shape index (κ3) is 3.43. The van der Waals surface area contributed by atoms with Crippen molar-refractivity contribution in [2.45, 2.75) is 51.0 Å². The lowest BCUT2D eigenvalue weighted by Gasteiger charge is -2.33. The first-order valence-corrected chi connectivity index (χ1v) is 7.24. The zero-order valence-electron chi connectivity index (χ0n) is 11.1. The molecule has 3 nitrogen and oxygen atoms in total. The quantitative estimate of drug-likeness (QED) is 0.606. The van der Waals surface area contributed by atoms with Gasteiger partial charge in [0.15, 0.2) is 0 Å². The second-order valence-corrected chi connectivity index (χ2v) is 5.76. The van der Waals surface area contributed by atoms with E-state index in [2.05, 4.69) is 12.2 Å². The Kier molecular flexibility index (Phi) is 4.83. The maximum atomic E-state index is 9.64. The summed E-state index contributed by atoms with van der Waals surface area (Å²) in [6.45, 7) is 4.75. The molecule has 1 unspecified atom stereocenters. The van der Waals surface area contributed by atoms with Crippen molar-refractivity contribution in [2.75, 3.05) is 26.4 Å². The first-order chi connectivity index (χ1) is 8.30. The van der Waals surface area contributed by atoms with Crippen molar-refractivity contribution in [1.29, 1.82) is 0 Å². The summed E-state index contributed by atoms with van der Waals surface area (Å²) < 4.78 is 5.83. The van der Waals surface area contributed by atoms with Gasteiger partial charge in [0.25, 0.3) is 0 Å². The van der Waals surface area contributed by atoms with Gasteiger partial charge in [-0.3, -0.25) is 0 Å². The molecule has 17 heavy (non-hydrogen) atoms. The van der Waals surface area contributed by atoms with Crippen molar-refractivity contribution in [3.8, 4) is 0 Å². The first-order valence-electron chi connectivity index (χ1n) is 7.24. The number of hydrogen-bond acceptors (Lipinski definition) is 3. The summed E-state index contributed by atoms with van der Waals surface area (Å²) in [5.74, 6) is 1.54. The minimum Gasteiger partial charge on any atom is -0.394 e. The van der Waals surface area contributed by atoms with Gasteiger partial charge in [-0.05, 0) is 37.6 Å². The average molecular weight is 241 g/mol. The predicted molar refractivity (Wildman–Crippen MR) is 69.0 cm³/mol. The highest BCUT2D eigenvalue weighted by molar-refractivity contribution is 5.00. The molecule has 2 N–H and O–H groups in total. The number of ether oxygens (including phenoxy) is 1. The van der Waals surface area contributed by atoms with Gasteiger partial charge >= 0.3 is 0 Å². The van der Waals surface area contributed by atoms with Crippen molar-refractivity contribution < 1.29 is 9.84 Å². The van der Waals surface area contributed by atoms with Gasteiger partial charge < -0.3 is 15.2 Å². The van der Waals surface area contributed by atoms with Crippen molar-refractivity contribution in [3.05, 3.63) is 0 Å². The van der Waals surface area contributed by atoms with Crippen LogP contribution in [-0.2, 0) is 4.74 Å². The predicted octanol–water partition coefficient (Wildman–Crippen LogP) is 1.94. The highest BCUT2D eigenvalue weighted by Crippen LogP contribution is 2.39. The zero-order chi connectivity index (χ0) is 12.1. The van der Waals surface area contributed by atoms with Crippen LogP contribution in [0.2, 0.25) is 0 Å². The van der Waals surface area contributed by atoms with Gasteiger partial charge in [0.2, 0.25) is 0 Å². The second-order valence-electron chi connectivity index (χ2n) is 5.76. The Morgan fingerprint density at radius 2 is 2.06 bits per heavy atom. The second kappa shape index (κ2) is 6.17. The third-order valence-corrected chi connectivity index (χ3v) is 4.42. The Morgan fingerprint density at radius 1 is 1.29 bits per heavy atom. The molecule has 2 rings (SSSR count). The number of hydrogen-bond donors (Lipinski definition) is 2. The van der Waals surface area contributed by atoms with Crippen LogP contribution in [0.1, 0.15) is 45.4 Å². The van der Waals surface area contributed by atoms with Crippen LogP contribution in [0, 0.1) is 11.8 Å². The van der Waals surface area contributed by atoms with Gasteiger partial charge in [0.05, 0.1) is 18.8 Å². The van der Waals surface area contributed by atoms with Crippen LogP contribution in [0.15, 0.2) is 0 Å². The minimum atomic E-state index is -0.158. The summed E-state index contributed by atoms with van der Waals surface area (Å²) in [6.07, 6.45) is 7.87. The smallest absolute Gasteiger partial charge is 0.0679 e. The maximum absolute atomic E-state index is 9.64. The van der Waals surface area contributed by atoms with Gasteiger partial charge in [-0.2, -0.15) is 0 Å². The van der Waals surface area contributed by atoms with Gasteiger partial charge in [-0.25, -0.2) is 0 Å². The zero-order valence-corrected chi connectivity index (χ0v) is 11.1. The fourth-order valence-electron chi connectivity index (χ4n) is 2.82. The lowest BCUT2D eigenvalue weighted by atomic mass is 9.83. The molecular formula is C14H27NO2. The molecule has 0 saturated heterocycles. The van der Waals surface area contributed by atoms with E-state index in [1.54, 1.807) is 0 Å². The molecule has 0 radical (unpaired) electrons. The first kappa shape index (κ1) is 13.3. The molecule has 0 aliphatic heterocycles. The molecule has 1 atom stereocenters. The number of aliphatic hydroxyl groups excluding tert-OH is 1. The Labute approximate surface area is 105 Å². The topological polar surface area (TPSA) is 41.5 Å². The van der Waals surface area contributed by atoms with Crippen LogP contribution in [0.3, 0.4) is 0 Å². The molecule has 2 aliphatic carbocycles. The number of likely N-dealkylation sites (N-methyl/N-ethyl adjacent to an activating group) is 1. The highest BCUT2D eigenvalue weighted by Gasteiger charge is 2.44. The monoisotopic (exact) mass is 241 g/mol. The molecule has 2 saturated carbocycles. The van der Waals surface area contributed by atoms with E-state index in [1.165, 1.54) is 38.5 Å². The van der Waals surface area contributed by atoms with Crippen LogP contribution in [0.5, 0.6) is 0 Å². The molecule has 0 aromatic carbocycles. The van der Waals surface area contributed by atoms with Gasteiger partial charge in [-0.15, -0.1) is 0 Å². The van der Waals surface area contributed by atoms with Gasteiger partial charge in [0, 0.05) is 6.61 Å². The molecule has 2 fully saturated rings. The molecule has 3 heteroatoms. The molecular weight excluding hydrogens is 214 g/mol. The molecule has 0 spiro atoms. The van der Waals surface area contributed by atoms with E-state index >= 15 is 0 Å². The summed E-state index contributed by atoms with van der Waals surface area (Å²) in [5.41, 5.74) is -0.158. The van der Waals surface area contributed by atoms with E-state index in [0.717, 1.165) is 19.1 Å². The lowest BCUT2D eigenvalue weighted by molar-refractivity contribution is 0.0165. The molecule has 0 aromatic heterocycles. The summed E-state index contributed by atoms with van der Waals surface area (Å²) in [6, 6.07) is 0. The fraction of sp³-hybridized carbons (Fsp3) is 1.00. The third-order valence-electron chi connectivity index (χ3n) is 4.42. The Balaban J connectivity index is 1.68. The van der Waals surface area contributed by atoms with Crippen LogP contribution in [-0.4, -0.2) is 37.0 Å². The highest BCUT2D eigenvalue weighted by atomic mass is 16.5. The van der Waals surface area contributed by atoms with Crippen molar-refractivity contribution in [2.24, 2.45) is 11.8 Å². The van der Waals surface area contributed by atoms with Crippen LogP contribution in [0.25, 0.3) is 0 Å². The van der Waals surface area contributed by atoms with E-state index < -0.39 is 0 Å². The van der Waals surface area contributed by atoms with Crippen molar-refractivity contribution in [3.63, 3.8) is 0 Å². The van der Waals surface area contributed by atoms with E-state index in [1.807, 2.05) is 0 Å². The van der Waals surface area contributed by atoms with E-state index in [0.29, 0.717) is 12.5 Å². The Hall–Kier alpha value is -0.120. The largest absolute Gasteiger partial charge is 0.394 e. The number of rotatable bonds is 9. The molecule has 100 valence electrons. The Bertz CT molecular complexity index is 226. The van der Waals surface area contributed by atoms with E-state index in [-0.39, 0.29) is 12.1 Å². The summed E-state index contributed by atoms with van der Waals surface area (Å²) >= 11 is 0. The standard InChI is InChI=1S/C14H27NO2/c1-2-15-14(10-16,13-6-7-13)11-17-9-8-12-4-3-5-12/h12-13,15-16H,2-11H2,1H3. The summed E-state index contributed by atoms with van der Waals surface area (Å²) in [4.78, 5) is 0. The van der Waals surface area contributed by atoms with Crippen LogP contribution >= 0.6 is 0 Å². The van der Waals surface area contributed by atoms with Crippen molar-refractivity contribution >= 4 is 0 Å². The van der Waals surface area contributed by atoms with E-state index in [9.17, 15) is 5.11 Å². The molecule has 0 bridgehead atoms. The lowest BCUT2D eigenvalue weighted by Crippen LogP contribution is -2.54. The van der Waals surface area contributed by atoms with Crippen LogP contribution < -0.4 is 5.32 Å².